The fraction of sp³-hybridized carbons (Fsp3) is 0.300. The van der Waals surface area contributed by atoms with Gasteiger partial charge in [0.25, 0.3) is 11.7 Å². The summed E-state index contributed by atoms with van der Waals surface area (Å²) in [5.41, 5.74) is 1.09. The lowest BCUT2D eigenvalue weighted by atomic mass is 10.2. The van der Waals surface area contributed by atoms with Gasteiger partial charge in [-0.3, -0.25) is 9.59 Å². The molecule has 1 heterocycles. The number of halogens is 1. The van der Waals surface area contributed by atoms with Crippen molar-refractivity contribution >= 4 is 33.4 Å². The van der Waals surface area contributed by atoms with E-state index in [1.54, 1.807) is 36.4 Å². The number of amides is 2. The van der Waals surface area contributed by atoms with Gasteiger partial charge >= 0.3 is 0 Å². The maximum atomic E-state index is 12.2. The molecule has 2 aromatic rings. The Morgan fingerprint density at radius 2 is 1.81 bits per heavy atom. The fourth-order valence-corrected chi connectivity index (χ4v) is 3.79. The number of ether oxygens (including phenoxy) is 2. The predicted octanol–water partition coefficient (Wildman–Crippen LogP) is 3.86. The monoisotopic (exact) mass is 430 g/mol. The van der Waals surface area contributed by atoms with Crippen LogP contribution in [-0.4, -0.2) is 24.1 Å². The summed E-state index contributed by atoms with van der Waals surface area (Å²) >= 11 is 3.32. The smallest absolute Gasteiger partial charge is 0.251 e. The minimum absolute atomic E-state index is 0.121. The fourth-order valence-electron chi connectivity index (χ4n) is 3.39. The van der Waals surface area contributed by atoms with Gasteiger partial charge in [0.15, 0.2) is 11.5 Å². The second-order valence-electron chi connectivity index (χ2n) is 6.72. The summed E-state index contributed by atoms with van der Waals surface area (Å²) < 4.78 is 12.8. The number of carbonyl (C=O) groups excluding carboxylic acids is 2. The molecular formula is C20H19BrN2O4. The van der Waals surface area contributed by atoms with Gasteiger partial charge < -0.3 is 20.1 Å². The van der Waals surface area contributed by atoms with Crippen LogP contribution in [0.15, 0.2) is 46.9 Å². The van der Waals surface area contributed by atoms with Crippen LogP contribution in [-0.2, 0) is 4.79 Å². The van der Waals surface area contributed by atoms with E-state index in [1.165, 1.54) is 0 Å². The van der Waals surface area contributed by atoms with Crippen LogP contribution in [0.5, 0.6) is 11.5 Å². The van der Waals surface area contributed by atoms with Gasteiger partial charge in [-0.05, 0) is 43.2 Å². The van der Waals surface area contributed by atoms with Gasteiger partial charge in [-0.15, -0.1) is 0 Å². The summed E-state index contributed by atoms with van der Waals surface area (Å²) in [4.78, 5) is 24.3. The molecule has 1 saturated carbocycles. The molecule has 1 aliphatic carbocycles. The Labute approximate surface area is 165 Å². The lowest BCUT2D eigenvalue weighted by Crippen LogP contribution is -2.34. The molecule has 2 N–H and O–H groups in total. The molecule has 2 aliphatic rings. The number of carbonyl (C=O) groups is 2. The van der Waals surface area contributed by atoms with Crippen molar-refractivity contribution in [2.24, 2.45) is 0 Å². The third-order valence-electron chi connectivity index (χ3n) is 4.68. The molecule has 4 rings (SSSR count). The zero-order chi connectivity index (χ0) is 18.9. The third kappa shape index (κ3) is 3.93. The highest BCUT2D eigenvalue weighted by Gasteiger charge is 2.44. The van der Waals surface area contributed by atoms with E-state index >= 15 is 0 Å². The van der Waals surface area contributed by atoms with Gasteiger partial charge in [-0.25, -0.2) is 0 Å². The maximum absolute atomic E-state index is 12.2. The summed E-state index contributed by atoms with van der Waals surface area (Å²) in [6, 6.07) is 12.3. The van der Waals surface area contributed by atoms with E-state index in [-0.39, 0.29) is 18.4 Å². The summed E-state index contributed by atoms with van der Waals surface area (Å²) in [7, 11) is 0. The number of nitrogens with one attached hydrogen (secondary N) is 2. The zero-order valence-corrected chi connectivity index (χ0v) is 16.2. The number of hydrogen-bond donors (Lipinski definition) is 2. The van der Waals surface area contributed by atoms with Crippen LogP contribution in [0.25, 0.3) is 0 Å². The minimum Gasteiger partial charge on any atom is -0.448 e. The van der Waals surface area contributed by atoms with E-state index in [1.807, 2.05) is 6.07 Å². The van der Waals surface area contributed by atoms with Gasteiger partial charge in [-0.1, -0.05) is 22.0 Å². The van der Waals surface area contributed by atoms with E-state index in [2.05, 4.69) is 26.6 Å². The topological polar surface area (TPSA) is 76.7 Å². The molecule has 2 amide bonds. The normalized spacial score (nSPS) is 16.3. The largest absolute Gasteiger partial charge is 0.448 e. The lowest BCUT2D eigenvalue weighted by Gasteiger charge is -2.21. The first-order valence-corrected chi connectivity index (χ1v) is 9.68. The molecule has 0 saturated heterocycles. The number of rotatable bonds is 4. The average molecular weight is 431 g/mol. The molecule has 0 unspecified atom stereocenters. The second-order valence-corrected chi connectivity index (χ2v) is 7.64. The molecule has 1 fully saturated rings. The molecule has 7 heteroatoms. The molecule has 0 bridgehead atoms. The lowest BCUT2D eigenvalue weighted by molar-refractivity contribution is -0.115. The standard InChI is InChI=1S/C20H19BrN2O4/c21-14-5-3-4-13(10-14)19(25)22-12-18(24)23-15-6-7-16-17(11-15)27-20(26-16)8-1-2-9-20/h3-7,10-11H,1-2,8-9,12H2,(H,22,25)(H,23,24). The van der Waals surface area contributed by atoms with Gasteiger partial charge in [0.05, 0.1) is 6.54 Å². The molecule has 27 heavy (non-hydrogen) atoms. The second kappa shape index (κ2) is 7.23. The van der Waals surface area contributed by atoms with Crippen molar-refractivity contribution in [3.63, 3.8) is 0 Å². The Balaban J connectivity index is 1.33. The van der Waals surface area contributed by atoms with Crippen molar-refractivity contribution in [3.8, 4) is 11.5 Å². The van der Waals surface area contributed by atoms with Crippen LogP contribution in [0.1, 0.15) is 36.0 Å². The molecule has 0 radical (unpaired) electrons. The van der Waals surface area contributed by atoms with Crippen LogP contribution in [0, 0.1) is 0 Å². The molecule has 0 aromatic heterocycles. The molecule has 0 atom stereocenters. The summed E-state index contributed by atoms with van der Waals surface area (Å²) in [5, 5.41) is 5.38. The van der Waals surface area contributed by atoms with Crippen molar-refractivity contribution in [2.75, 3.05) is 11.9 Å². The van der Waals surface area contributed by atoms with E-state index in [0.717, 1.165) is 30.2 Å². The average Bonchev–Trinajstić information content (AvgIpc) is 3.25. The number of benzene rings is 2. The van der Waals surface area contributed by atoms with Gasteiger partial charge in [-0.2, -0.15) is 0 Å². The van der Waals surface area contributed by atoms with Gasteiger partial charge in [0.2, 0.25) is 5.91 Å². The molecule has 2 aromatic carbocycles. The highest BCUT2D eigenvalue weighted by molar-refractivity contribution is 9.10. The highest BCUT2D eigenvalue weighted by atomic mass is 79.9. The van der Waals surface area contributed by atoms with E-state index in [0.29, 0.717) is 22.7 Å². The Kier molecular flexibility index (Phi) is 4.78. The first-order valence-electron chi connectivity index (χ1n) is 8.89. The number of anilines is 1. The van der Waals surface area contributed by atoms with Crippen molar-refractivity contribution < 1.29 is 19.1 Å². The highest BCUT2D eigenvalue weighted by Crippen LogP contribution is 2.47. The number of hydrogen-bond acceptors (Lipinski definition) is 4. The molecule has 1 aliphatic heterocycles. The van der Waals surface area contributed by atoms with E-state index < -0.39 is 5.79 Å². The van der Waals surface area contributed by atoms with Crippen molar-refractivity contribution in [2.45, 2.75) is 31.5 Å². The summed E-state index contributed by atoms with van der Waals surface area (Å²) in [5.74, 6) is 0.210. The van der Waals surface area contributed by atoms with E-state index in [4.69, 9.17) is 9.47 Å². The van der Waals surface area contributed by atoms with Crippen LogP contribution in [0.2, 0.25) is 0 Å². The molecular weight excluding hydrogens is 412 g/mol. The van der Waals surface area contributed by atoms with Crippen LogP contribution in [0.4, 0.5) is 5.69 Å². The summed E-state index contributed by atoms with van der Waals surface area (Å²) in [6.45, 7) is -0.121. The van der Waals surface area contributed by atoms with E-state index in [9.17, 15) is 9.59 Å². The van der Waals surface area contributed by atoms with Crippen LogP contribution < -0.4 is 20.1 Å². The van der Waals surface area contributed by atoms with Crippen molar-refractivity contribution in [1.29, 1.82) is 0 Å². The Bertz CT molecular complexity index is 893. The Hall–Kier alpha value is -2.54. The Morgan fingerprint density at radius 3 is 2.59 bits per heavy atom. The first kappa shape index (κ1) is 17.9. The molecule has 140 valence electrons. The first-order chi connectivity index (χ1) is 13.0. The van der Waals surface area contributed by atoms with Crippen molar-refractivity contribution in [1.82, 2.24) is 5.32 Å². The van der Waals surface area contributed by atoms with Crippen LogP contribution >= 0.6 is 15.9 Å². The van der Waals surface area contributed by atoms with Crippen LogP contribution in [0.3, 0.4) is 0 Å². The van der Waals surface area contributed by atoms with Gasteiger partial charge in [0.1, 0.15) is 0 Å². The quantitative estimate of drug-likeness (QED) is 0.771. The SMILES string of the molecule is O=C(CNC(=O)c1cccc(Br)c1)Nc1ccc2c(c1)OC1(CCCC1)O2. The van der Waals surface area contributed by atoms with Crippen molar-refractivity contribution in [3.05, 3.63) is 52.5 Å². The maximum Gasteiger partial charge on any atom is 0.251 e. The molecule has 1 spiro atoms. The predicted molar refractivity (Wildman–Crippen MR) is 104 cm³/mol. The summed E-state index contributed by atoms with van der Waals surface area (Å²) in [6.07, 6.45) is 3.94. The Morgan fingerprint density at radius 1 is 1.04 bits per heavy atom. The third-order valence-corrected chi connectivity index (χ3v) is 5.17. The molecule has 6 nitrogen and oxygen atoms in total. The zero-order valence-electron chi connectivity index (χ0n) is 14.6. The number of fused-ring (bicyclic) bond motifs is 1. The van der Waals surface area contributed by atoms with Gasteiger partial charge in [0, 0.05) is 34.6 Å². The minimum atomic E-state index is -0.525.